The van der Waals surface area contributed by atoms with Crippen LogP contribution >= 0.6 is 27.5 Å². The zero-order valence-corrected chi connectivity index (χ0v) is 16.5. The number of halogens is 3. The standard InChI is InChI=1S/C17H16BrClFNO3S/c1-11(12-2-5-14(18)6-3-12)21-17(22)10-25(23,24)9-13-4-7-15(20)8-16(13)19/h2-8,11H,9-10H2,1H3,(H,21,22). The van der Waals surface area contributed by atoms with Crippen LogP contribution in [0.1, 0.15) is 24.1 Å². The predicted octanol–water partition coefficient (Wildman–Crippen LogP) is 4.03. The molecule has 4 nitrogen and oxygen atoms in total. The Labute approximate surface area is 159 Å². The Morgan fingerprint density at radius 3 is 2.48 bits per heavy atom. The maximum atomic E-state index is 13.0. The maximum absolute atomic E-state index is 13.0. The molecule has 0 aliphatic rings. The van der Waals surface area contributed by atoms with Gasteiger partial charge in [-0.1, -0.05) is 45.7 Å². The van der Waals surface area contributed by atoms with E-state index in [2.05, 4.69) is 21.2 Å². The molecule has 8 heteroatoms. The molecule has 0 saturated carbocycles. The molecule has 2 rings (SSSR count). The first-order chi connectivity index (χ1) is 11.7. The Hall–Kier alpha value is -1.44. The third-order valence-corrected chi connectivity index (χ3v) is 5.82. The zero-order chi connectivity index (χ0) is 18.6. The molecule has 0 aliphatic heterocycles. The maximum Gasteiger partial charge on any atom is 0.235 e. The molecule has 0 fully saturated rings. The summed E-state index contributed by atoms with van der Waals surface area (Å²) in [5.74, 6) is -2.24. The van der Waals surface area contributed by atoms with Gasteiger partial charge in [-0.15, -0.1) is 0 Å². The second-order valence-corrected chi connectivity index (χ2v) is 9.00. The predicted molar refractivity (Wildman–Crippen MR) is 99.6 cm³/mol. The van der Waals surface area contributed by atoms with Crippen molar-refractivity contribution in [2.75, 3.05) is 5.75 Å². The monoisotopic (exact) mass is 447 g/mol. The second kappa shape index (κ2) is 8.29. The molecule has 0 saturated heterocycles. The molecule has 134 valence electrons. The van der Waals surface area contributed by atoms with Crippen LogP contribution in [-0.2, 0) is 20.4 Å². The number of hydrogen-bond acceptors (Lipinski definition) is 3. The van der Waals surface area contributed by atoms with Crippen molar-refractivity contribution in [3.63, 3.8) is 0 Å². The Balaban J connectivity index is 1.99. The Bertz CT molecular complexity index is 872. The van der Waals surface area contributed by atoms with Crippen LogP contribution in [0.3, 0.4) is 0 Å². The lowest BCUT2D eigenvalue weighted by Gasteiger charge is -2.14. The van der Waals surface area contributed by atoms with Crippen molar-refractivity contribution in [2.45, 2.75) is 18.7 Å². The SMILES string of the molecule is CC(NC(=O)CS(=O)(=O)Cc1ccc(F)cc1Cl)c1ccc(Br)cc1. The van der Waals surface area contributed by atoms with E-state index in [1.165, 1.54) is 6.07 Å². The summed E-state index contributed by atoms with van der Waals surface area (Å²) in [5, 5.41) is 2.68. The summed E-state index contributed by atoms with van der Waals surface area (Å²) in [4.78, 5) is 12.0. The van der Waals surface area contributed by atoms with Crippen LogP contribution < -0.4 is 5.32 Å². The van der Waals surface area contributed by atoms with Gasteiger partial charge >= 0.3 is 0 Å². The Morgan fingerprint density at radius 2 is 1.88 bits per heavy atom. The summed E-state index contributed by atoms with van der Waals surface area (Å²) in [6.45, 7) is 1.77. The number of carbonyl (C=O) groups is 1. The van der Waals surface area contributed by atoms with Crippen LogP contribution in [0.4, 0.5) is 4.39 Å². The number of nitrogens with one attached hydrogen (secondary N) is 1. The summed E-state index contributed by atoms with van der Waals surface area (Å²) in [7, 11) is -3.73. The molecule has 0 bridgehead atoms. The molecule has 0 heterocycles. The smallest absolute Gasteiger partial charge is 0.235 e. The fourth-order valence-corrected chi connectivity index (χ4v) is 4.13. The van der Waals surface area contributed by atoms with E-state index in [0.717, 1.165) is 22.2 Å². The summed E-state index contributed by atoms with van der Waals surface area (Å²) < 4.78 is 38.3. The first kappa shape index (κ1) is 19.9. The van der Waals surface area contributed by atoms with Gasteiger partial charge in [-0.25, -0.2) is 12.8 Å². The summed E-state index contributed by atoms with van der Waals surface area (Å²) in [6, 6.07) is 10.5. The van der Waals surface area contributed by atoms with Gasteiger partial charge in [0, 0.05) is 9.50 Å². The third-order valence-electron chi connectivity index (χ3n) is 3.49. The highest BCUT2D eigenvalue weighted by Crippen LogP contribution is 2.20. The molecule has 0 spiro atoms. The van der Waals surface area contributed by atoms with Gasteiger partial charge in [-0.05, 0) is 42.3 Å². The average Bonchev–Trinajstić information content (AvgIpc) is 2.50. The van der Waals surface area contributed by atoms with Crippen LogP contribution in [0.2, 0.25) is 5.02 Å². The van der Waals surface area contributed by atoms with E-state index >= 15 is 0 Å². The van der Waals surface area contributed by atoms with Crippen LogP contribution in [0.25, 0.3) is 0 Å². The van der Waals surface area contributed by atoms with Gasteiger partial charge in [0.15, 0.2) is 9.84 Å². The molecule has 1 atom stereocenters. The van der Waals surface area contributed by atoms with Gasteiger partial charge in [0.25, 0.3) is 0 Å². The Morgan fingerprint density at radius 1 is 1.24 bits per heavy atom. The first-order valence-corrected chi connectivity index (χ1v) is 10.3. The van der Waals surface area contributed by atoms with E-state index in [4.69, 9.17) is 11.6 Å². The van der Waals surface area contributed by atoms with E-state index in [1.807, 2.05) is 24.3 Å². The first-order valence-electron chi connectivity index (χ1n) is 7.35. The molecule has 2 aromatic carbocycles. The highest BCUT2D eigenvalue weighted by Gasteiger charge is 2.20. The number of sulfone groups is 1. The lowest BCUT2D eigenvalue weighted by atomic mass is 10.1. The fraction of sp³-hybridized carbons (Fsp3) is 0.235. The van der Waals surface area contributed by atoms with Crippen LogP contribution in [0.15, 0.2) is 46.9 Å². The minimum absolute atomic E-state index is 0.0206. The van der Waals surface area contributed by atoms with E-state index in [0.29, 0.717) is 0 Å². The third kappa shape index (κ3) is 6.09. The molecule has 25 heavy (non-hydrogen) atoms. The molecule has 2 aromatic rings. The average molecular weight is 449 g/mol. The molecular weight excluding hydrogens is 433 g/mol. The zero-order valence-electron chi connectivity index (χ0n) is 13.3. The number of carbonyl (C=O) groups excluding carboxylic acids is 1. The van der Waals surface area contributed by atoms with Gasteiger partial charge in [0.05, 0.1) is 11.8 Å². The van der Waals surface area contributed by atoms with Crippen LogP contribution in [0.5, 0.6) is 0 Å². The number of benzene rings is 2. The number of hydrogen-bond donors (Lipinski definition) is 1. The Kier molecular flexibility index (Phi) is 6.59. The second-order valence-electron chi connectivity index (χ2n) is 5.61. The number of rotatable bonds is 6. The van der Waals surface area contributed by atoms with Gasteiger partial charge in [-0.2, -0.15) is 0 Å². The van der Waals surface area contributed by atoms with Gasteiger partial charge in [0.2, 0.25) is 5.91 Å². The largest absolute Gasteiger partial charge is 0.349 e. The lowest BCUT2D eigenvalue weighted by Crippen LogP contribution is -2.32. The normalized spacial score (nSPS) is 12.6. The number of amides is 1. The van der Waals surface area contributed by atoms with E-state index in [1.54, 1.807) is 6.92 Å². The highest BCUT2D eigenvalue weighted by molar-refractivity contribution is 9.10. The molecule has 0 aliphatic carbocycles. The summed E-state index contributed by atoms with van der Waals surface area (Å²) in [5.41, 5.74) is 1.12. The van der Waals surface area contributed by atoms with E-state index in [-0.39, 0.29) is 16.6 Å². The minimum Gasteiger partial charge on any atom is -0.349 e. The van der Waals surface area contributed by atoms with Crippen LogP contribution in [0, 0.1) is 5.82 Å². The molecule has 1 N–H and O–H groups in total. The van der Waals surface area contributed by atoms with Crippen molar-refractivity contribution < 1.29 is 17.6 Å². The molecule has 1 unspecified atom stereocenters. The fourth-order valence-electron chi connectivity index (χ4n) is 2.24. The van der Waals surface area contributed by atoms with Crippen molar-refractivity contribution in [3.8, 4) is 0 Å². The van der Waals surface area contributed by atoms with Gasteiger partial charge in [0.1, 0.15) is 11.6 Å². The lowest BCUT2D eigenvalue weighted by molar-refractivity contribution is -0.119. The van der Waals surface area contributed by atoms with Crippen molar-refractivity contribution in [3.05, 3.63) is 68.9 Å². The highest BCUT2D eigenvalue weighted by atomic mass is 79.9. The van der Waals surface area contributed by atoms with Crippen molar-refractivity contribution in [1.82, 2.24) is 5.32 Å². The molecule has 0 radical (unpaired) electrons. The topological polar surface area (TPSA) is 63.2 Å². The molecular formula is C17H16BrClFNO3S. The van der Waals surface area contributed by atoms with Gasteiger partial charge in [-0.3, -0.25) is 4.79 Å². The van der Waals surface area contributed by atoms with E-state index < -0.39 is 33.1 Å². The minimum atomic E-state index is -3.73. The summed E-state index contributed by atoms with van der Waals surface area (Å²) in [6.07, 6.45) is 0. The molecule has 0 aromatic heterocycles. The quantitative estimate of drug-likeness (QED) is 0.725. The van der Waals surface area contributed by atoms with Crippen molar-refractivity contribution in [2.24, 2.45) is 0 Å². The van der Waals surface area contributed by atoms with Gasteiger partial charge < -0.3 is 5.32 Å². The van der Waals surface area contributed by atoms with Crippen molar-refractivity contribution in [1.29, 1.82) is 0 Å². The molecule has 1 amide bonds. The van der Waals surface area contributed by atoms with Crippen LogP contribution in [-0.4, -0.2) is 20.1 Å². The van der Waals surface area contributed by atoms with Crippen molar-refractivity contribution >= 4 is 43.3 Å². The van der Waals surface area contributed by atoms with E-state index in [9.17, 15) is 17.6 Å². The summed E-state index contributed by atoms with van der Waals surface area (Å²) >= 11 is 9.17.